The van der Waals surface area contributed by atoms with Gasteiger partial charge in [0, 0.05) is 29.7 Å². The molecular weight excluding hydrogens is 465 g/mol. The molecule has 0 unspecified atom stereocenters. The molecular formula is C24H25F3N4O2S. The Balaban J connectivity index is 1.52. The highest BCUT2D eigenvalue weighted by Crippen LogP contribution is 2.36. The number of aryl methyl sites for hydroxylation is 1. The molecule has 2 heterocycles. The van der Waals surface area contributed by atoms with Gasteiger partial charge < -0.3 is 20.3 Å². The third kappa shape index (κ3) is 5.68. The van der Waals surface area contributed by atoms with E-state index in [1.807, 2.05) is 41.5 Å². The first-order chi connectivity index (χ1) is 16.2. The van der Waals surface area contributed by atoms with Gasteiger partial charge in [-0.05, 0) is 44.2 Å². The van der Waals surface area contributed by atoms with Gasteiger partial charge in [-0.2, -0.15) is 13.2 Å². The Bertz CT molecular complexity index is 1160. The molecule has 0 aliphatic carbocycles. The first kappa shape index (κ1) is 24.0. The van der Waals surface area contributed by atoms with E-state index in [0.29, 0.717) is 37.7 Å². The molecule has 2 N–H and O–H groups in total. The van der Waals surface area contributed by atoms with E-state index in [-0.39, 0.29) is 5.69 Å². The molecule has 6 nitrogen and oxygen atoms in total. The van der Waals surface area contributed by atoms with Gasteiger partial charge in [0.25, 0.3) is 0 Å². The molecule has 4 rings (SSSR count). The number of hydrogen-bond donors (Lipinski definition) is 2. The lowest BCUT2D eigenvalue weighted by atomic mass is 10.1. The van der Waals surface area contributed by atoms with Crippen LogP contribution in [-0.2, 0) is 15.7 Å². The summed E-state index contributed by atoms with van der Waals surface area (Å²) in [6.07, 6.45) is -4.51. The van der Waals surface area contributed by atoms with Gasteiger partial charge in [0.1, 0.15) is 6.04 Å². The molecule has 0 radical (unpaired) electrons. The minimum atomic E-state index is -4.51. The number of benzene rings is 2. The molecule has 34 heavy (non-hydrogen) atoms. The van der Waals surface area contributed by atoms with Crippen LogP contribution >= 0.6 is 11.3 Å². The Morgan fingerprint density at radius 3 is 2.62 bits per heavy atom. The van der Waals surface area contributed by atoms with E-state index in [1.54, 1.807) is 18.3 Å². The molecule has 180 valence electrons. The zero-order chi connectivity index (χ0) is 24.3. The van der Waals surface area contributed by atoms with Crippen LogP contribution in [0.5, 0.6) is 0 Å². The molecule has 1 aliphatic rings. The molecule has 1 aliphatic heterocycles. The Hall–Kier alpha value is -3.11. The van der Waals surface area contributed by atoms with Crippen LogP contribution in [0.4, 0.5) is 30.2 Å². The Morgan fingerprint density at radius 2 is 1.94 bits per heavy atom. The van der Waals surface area contributed by atoms with Gasteiger partial charge in [-0.3, -0.25) is 4.79 Å². The molecule has 2 aromatic carbocycles. The van der Waals surface area contributed by atoms with E-state index in [2.05, 4.69) is 15.6 Å². The lowest BCUT2D eigenvalue weighted by Gasteiger charge is -2.31. The number of carbonyl (C=O) groups is 1. The lowest BCUT2D eigenvalue weighted by molar-refractivity contribution is -0.137. The fraction of sp³-hybridized carbons (Fsp3) is 0.333. The van der Waals surface area contributed by atoms with Crippen molar-refractivity contribution < 1.29 is 22.7 Å². The van der Waals surface area contributed by atoms with Crippen molar-refractivity contribution in [2.24, 2.45) is 0 Å². The van der Waals surface area contributed by atoms with E-state index < -0.39 is 23.7 Å². The molecule has 1 atom stereocenters. The average molecular weight is 491 g/mol. The van der Waals surface area contributed by atoms with Crippen LogP contribution in [0.1, 0.15) is 17.5 Å². The molecule has 10 heteroatoms. The summed E-state index contributed by atoms with van der Waals surface area (Å²) in [6, 6.07) is 10.2. The summed E-state index contributed by atoms with van der Waals surface area (Å²) >= 11 is 1.55. The van der Waals surface area contributed by atoms with E-state index in [9.17, 15) is 18.0 Å². The summed E-state index contributed by atoms with van der Waals surface area (Å²) in [4.78, 5) is 19.4. The normalized spacial score (nSPS) is 15.1. The molecule has 1 fully saturated rings. The molecule has 1 saturated heterocycles. The van der Waals surface area contributed by atoms with Crippen LogP contribution in [0.25, 0.3) is 11.3 Å². The highest BCUT2D eigenvalue weighted by Gasteiger charge is 2.32. The number of halogens is 3. The lowest BCUT2D eigenvalue weighted by Crippen LogP contribution is -2.37. The number of aromatic nitrogens is 1. The molecule has 1 aromatic heterocycles. The molecule has 3 aromatic rings. The third-order valence-corrected chi connectivity index (χ3v) is 6.26. The van der Waals surface area contributed by atoms with E-state index in [0.717, 1.165) is 28.4 Å². The van der Waals surface area contributed by atoms with Crippen LogP contribution in [0.15, 0.2) is 47.8 Å². The van der Waals surface area contributed by atoms with E-state index in [1.165, 1.54) is 6.07 Å². The minimum Gasteiger partial charge on any atom is -0.378 e. The smallest absolute Gasteiger partial charge is 0.378 e. The highest BCUT2D eigenvalue weighted by atomic mass is 32.1. The summed E-state index contributed by atoms with van der Waals surface area (Å²) in [5.41, 5.74) is 2.33. The summed E-state index contributed by atoms with van der Waals surface area (Å²) < 4.78 is 45.4. The monoisotopic (exact) mass is 490 g/mol. The quantitative estimate of drug-likeness (QED) is 0.484. The largest absolute Gasteiger partial charge is 0.416 e. The molecule has 1 amide bonds. The van der Waals surface area contributed by atoms with Gasteiger partial charge in [-0.15, -0.1) is 11.3 Å². The Labute approximate surface area is 199 Å². The number of amides is 1. The predicted molar refractivity (Wildman–Crippen MR) is 128 cm³/mol. The van der Waals surface area contributed by atoms with E-state index in [4.69, 9.17) is 4.74 Å². The van der Waals surface area contributed by atoms with Crippen LogP contribution in [0, 0.1) is 6.92 Å². The Morgan fingerprint density at radius 1 is 1.18 bits per heavy atom. The van der Waals surface area contributed by atoms with Crippen molar-refractivity contribution in [1.82, 2.24) is 4.98 Å². The number of hydrogen-bond acceptors (Lipinski definition) is 6. The number of thiazole rings is 1. The van der Waals surface area contributed by atoms with Crippen molar-refractivity contribution in [2.45, 2.75) is 26.1 Å². The zero-order valence-electron chi connectivity index (χ0n) is 18.8. The number of alkyl halides is 3. The van der Waals surface area contributed by atoms with Crippen molar-refractivity contribution in [3.05, 3.63) is 58.4 Å². The van der Waals surface area contributed by atoms with E-state index >= 15 is 0 Å². The average Bonchev–Trinajstić information content (AvgIpc) is 3.25. The number of nitrogens with zero attached hydrogens (tertiary/aromatic N) is 2. The van der Waals surface area contributed by atoms with Gasteiger partial charge in [0.05, 0.1) is 40.9 Å². The third-order valence-electron chi connectivity index (χ3n) is 5.49. The Kier molecular flexibility index (Phi) is 7.08. The fourth-order valence-corrected chi connectivity index (χ4v) is 4.34. The topological polar surface area (TPSA) is 66.5 Å². The maximum atomic E-state index is 13.3. The van der Waals surface area contributed by atoms with Crippen LogP contribution in [-0.4, -0.2) is 43.2 Å². The zero-order valence-corrected chi connectivity index (χ0v) is 19.6. The molecule has 0 bridgehead atoms. The van der Waals surface area contributed by atoms with Crippen molar-refractivity contribution in [2.75, 3.05) is 41.8 Å². The SMILES string of the molecule is Cc1nc(-c2cccc(N[C@@H](C)C(=O)Nc3cc(C(F)(F)F)ccc3N3CCOCC3)c2)cs1. The number of rotatable bonds is 6. The number of carbonyl (C=O) groups excluding carboxylic acids is 1. The number of ether oxygens (including phenoxy) is 1. The van der Waals surface area contributed by atoms with Crippen molar-refractivity contribution in [1.29, 1.82) is 0 Å². The van der Waals surface area contributed by atoms with Crippen LogP contribution < -0.4 is 15.5 Å². The van der Waals surface area contributed by atoms with Crippen molar-refractivity contribution in [3.8, 4) is 11.3 Å². The molecule has 0 spiro atoms. The first-order valence-corrected chi connectivity index (χ1v) is 11.7. The standard InChI is InChI=1S/C24H25F3N4O2S/c1-15(28-19-5-3-4-17(12-19)21-14-34-16(2)29-21)23(32)30-20-13-18(24(25,26)27)6-7-22(20)31-8-10-33-11-9-31/h3-7,12-15,28H,8-11H2,1-2H3,(H,30,32)/t15-/m0/s1. The van der Waals surface area contributed by atoms with Gasteiger partial charge in [0.15, 0.2) is 0 Å². The first-order valence-electron chi connectivity index (χ1n) is 10.8. The van der Waals surface area contributed by atoms with Crippen LogP contribution in [0.3, 0.4) is 0 Å². The van der Waals surface area contributed by atoms with Gasteiger partial charge in [-0.1, -0.05) is 12.1 Å². The molecule has 0 saturated carbocycles. The number of morpholine rings is 1. The minimum absolute atomic E-state index is 0.127. The van der Waals surface area contributed by atoms with Crippen molar-refractivity contribution in [3.63, 3.8) is 0 Å². The van der Waals surface area contributed by atoms with Crippen molar-refractivity contribution >= 4 is 34.3 Å². The summed E-state index contributed by atoms with van der Waals surface area (Å²) in [5, 5.41) is 8.75. The second-order valence-electron chi connectivity index (χ2n) is 8.02. The van der Waals surface area contributed by atoms with Gasteiger partial charge >= 0.3 is 6.18 Å². The summed E-state index contributed by atoms with van der Waals surface area (Å²) in [6.45, 7) is 5.61. The summed E-state index contributed by atoms with van der Waals surface area (Å²) in [7, 11) is 0. The maximum absolute atomic E-state index is 13.3. The number of nitrogens with one attached hydrogen (secondary N) is 2. The number of anilines is 3. The van der Waals surface area contributed by atoms with Gasteiger partial charge in [0.2, 0.25) is 5.91 Å². The predicted octanol–water partition coefficient (Wildman–Crippen LogP) is 5.41. The maximum Gasteiger partial charge on any atom is 0.416 e. The highest BCUT2D eigenvalue weighted by molar-refractivity contribution is 7.09. The summed E-state index contributed by atoms with van der Waals surface area (Å²) in [5.74, 6) is -0.441. The fourth-order valence-electron chi connectivity index (χ4n) is 3.71. The second-order valence-corrected chi connectivity index (χ2v) is 9.08. The van der Waals surface area contributed by atoms with Gasteiger partial charge in [-0.25, -0.2) is 4.98 Å². The second kappa shape index (κ2) is 10.0. The van der Waals surface area contributed by atoms with Crippen LogP contribution in [0.2, 0.25) is 0 Å².